The molecule has 3 rings (SSSR count). The van der Waals surface area contributed by atoms with Crippen LogP contribution in [0.2, 0.25) is 5.02 Å². The smallest absolute Gasteiger partial charge is 0.232 e. The van der Waals surface area contributed by atoms with Crippen LogP contribution in [0.3, 0.4) is 0 Å². The van der Waals surface area contributed by atoms with Crippen molar-refractivity contribution in [2.45, 2.75) is 19.8 Å². The van der Waals surface area contributed by atoms with E-state index in [1.807, 2.05) is 43.3 Å². The summed E-state index contributed by atoms with van der Waals surface area (Å²) in [5.74, 6) is 1.03. The normalized spacial score (nSPS) is 18.0. The monoisotopic (exact) mass is 443 g/mol. The van der Waals surface area contributed by atoms with E-state index in [9.17, 15) is 0 Å². The summed E-state index contributed by atoms with van der Waals surface area (Å²) < 4.78 is 6.05. The van der Waals surface area contributed by atoms with Gasteiger partial charge in [-0.3, -0.25) is 0 Å². The van der Waals surface area contributed by atoms with Crippen molar-refractivity contribution < 1.29 is 4.74 Å². The number of likely N-dealkylation sites (tertiary alicyclic amines) is 1. The highest BCUT2D eigenvalue weighted by atomic mass is 35.5. The maximum absolute atomic E-state index is 6.06. The summed E-state index contributed by atoms with van der Waals surface area (Å²) in [7, 11) is 2.15. The number of halogens is 2. The molecule has 1 aromatic carbocycles. The molecule has 2 heterocycles. The largest absolute Gasteiger partial charge is 0.476 e. The highest BCUT2D eigenvalue weighted by Crippen LogP contribution is 2.29. The molecule has 1 aromatic heterocycles. The zero-order valence-electron chi connectivity index (χ0n) is 17.4. The molecule has 1 atom stereocenters. The van der Waals surface area contributed by atoms with E-state index in [0.29, 0.717) is 28.5 Å². The molecule has 1 unspecified atom stereocenters. The summed E-state index contributed by atoms with van der Waals surface area (Å²) in [5.41, 5.74) is 3.30. The van der Waals surface area contributed by atoms with E-state index in [-0.39, 0.29) is 0 Å². The van der Waals surface area contributed by atoms with Gasteiger partial charge in [0.15, 0.2) is 0 Å². The minimum Gasteiger partial charge on any atom is -0.476 e. The Hall–Kier alpha value is -2.14. The van der Waals surface area contributed by atoms with Gasteiger partial charge in [0.25, 0.3) is 0 Å². The zero-order valence-corrected chi connectivity index (χ0v) is 19.0. The predicted octanol–water partition coefficient (Wildman–Crippen LogP) is 6.23. The van der Waals surface area contributed by atoms with Crippen molar-refractivity contribution in [3.63, 3.8) is 0 Å². The minimum absolute atomic E-state index is 0.448. The summed E-state index contributed by atoms with van der Waals surface area (Å²) >= 11 is 12.0. The number of allylic oxidation sites excluding steroid dienone is 5. The lowest BCUT2D eigenvalue weighted by molar-refractivity contribution is 0.147. The van der Waals surface area contributed by atoms with Crippen molar-refractivity contribution in [2.24, 2.45) is 5.92 Å². The van der Waals surface area contributed by atoms with Gasteiger partial charge in [-0.25, -0.2) is 9.97 Å². The summed E-state index contributed by atoms with van der Waals surface area (Å²) in [6.45, 7) is 8.51. The Morgan fingerprint density at radius 2 is 2.07 bits per heavy atom. The molecule has 0 saturated carbocycles. The van der Waals surface area contributed by atoms with E-state index in [2.05, 4.69) is 23.5 Å². The van der Waals surface area contributed by atoms with E-state index in [4.69, 9.17) is 32.9 Å². The Morgan fingerprint density at radius 1 is 1.30 bits per heavy atom. The number of aromatic nitrogens is 2. The summed E-state index contributed by atoms with van der Waals surface area (Å²) in [6, 6.07) is 7.56. The van der Waals surface area contributed by atoms with Gasteiger partial charge in [0.1, 0.15) is 5.69 Å². The van der Waals surface area contributed by atoms with E-state index in [1.54, 1.807) is 12.3 Å². The molecule has 6 heteroatoms. The second-order valence-electron chi connectivity index (χ2n) is 7.52. The van der Waals surface area contributed by atoms with Crippen LogP contribution in [0.15, 0.2) is 60.3 Å². The highest BCUT2D eigenvalue weighted by Gasteiger charge is 2.19. The quantitative estimate of drug-likeness (QED) is 0.475. The zero-order chi connectivity index (χ0) is 21.5. The summed E-state index contributed by atoms with van der Waals surface area (Å²) in [6.07, 6.45) is 9.67. The first-order valence-corrected chi connectivity index (χ1v) is 10.9. The SMILES string of the molecule is C=C(Cl)/C=C\C(=C/C)c1nc(OCC2CCCN(C)C2)cnc1-c1ccc(Cl)cc1. The molecular weight excluding hydrogens is 417 g/mol. The molecule has 0 radical (unpaired) electrons. The number of benzene rings is 1. The topological polar surface area (TPSA) is 38.2 Å². The summed E-state index contributed by atoms with van der Waals surface area (Å²) in [5, 5.41) is 1.12. The van der Waals surface area contributed by atoms with Crippen molar-refractivity contribution in [2.75, 3.05) is 26.7 Å². The molecule has 0 bridgehead atoms. The van der Waals surface area contributed by atoms with Gasteiger partial charge in [0.05, 0.1) is 18.5 Å². The van der Waals surface area contributed by atoms with Crippen molar-refractivity contribution in [1.29, 1.82) is 0 Å². The fraction of sp³-hybridized carbons (Fsp3) is 0.333. The molecule has 0 N–H and O–H groups in total. The first kappa shape index (κ1) is 22.5. The van der Waals surface area contributed by atoms with E-state index < -0.39 is 0 Å². The number of rotatable bonds is 7. The average molecular weight is 444 g/mol. The lowest BCUT2D eigenvalue weighted by Crippen LogP contribution is -2.34. The second kappa shape index (κ2) is 10.8. The van der Waals surface area contributed by atoms with Crippen molar-refractivity contribution >= 4 is 28.8 Å². The molecule has 0 aliphatic carbocycles. The fourth-order valence-electron chi connectivity index (χ4n) is 3.57. The Kier molecular flexibility index (Phi) is 8.08. The van der Waals surface area contributed by atoms with Crippen LogP contribution in [0.1, 0.15) is 25.5 Å². The lowest BCUT2D eigenvalue weighted by atomic mass is 10.00. The maximum atomic E-state index is 6.06. The molecule has 30 heavy (non-hydrogen) atoms. The molecule has 2 aromatic rings. The number of nitrogens with zero attached hydrogens (tertiary/aromatic N) is 3. The number of hydrogen-bond acceptors (Lipinski definition) is 4. The Bertz CT molecular complexity index is 938. The highest BCUT2D eigenvalue weighted by molar-refractivity contribution is 6.31. The van der Waals surface area contributed by atoms with Crippen LogP contribution >= 0.6 is 23.2 Å². The maximum Gasteiger partial charge on any atom is 0.232 e. The Morgan fingerprint density at radius 3 is 2.73 bits per heavy atom. The molecule has 1 aliphatic rings. The molecule has 158 valence electrons. The van der Waals surface area contributed by atoms with Crippen molar-refractivity contribution in [3.05, 3.63) is 71.0 Å². The third-order valence-electron chi connectivity index (χ3n) is 5.09. The summed E-state index contributed by atoms with van der Waals surface area (Å²) in [4.78, 5) is 11.8. The van der Waals surface area contributed by atoms with Gasteiger partial charge >= 0.3 is 0 Å². The van der Waals surface area contributed by atoms with Crippen molar-refractivity contribution in [3.8, 4) is 17.1 Å². The van der Waals surface area contributed by atoms with Gasteiger partial charge < -0.3 is 9.64 Å². The van der Waals surface area contributed by atoms with Gasteiger partial charge in [-0.1, -0.05) is 54.1 Å². The van der Waals surface area contributed by atoms with Crippen molar-refractivity contribution in [1.82, 2.24) is 14.9 Å². The van der Waals surface area contributed by atoms with E-state index in [0.717, 1.165) is 35.6 Å². The first-order chi connectivity index (χ1) is 14.5. The molecule has 1 saturated heterocycles. The van der Waals surface area contributed by atoms with Gasteiger partial charge in [0.2, 0.25) is 5.88 Å². The molecule has 1 aliphatic heterocycles. The standard InChI is InChI=1S/C24H27Cl2N3O/c1-4-19(8-7-17(2)25)24-23(20-9-11-21(26)12-10-20)27-14-22(28-24)30-16-18-6-5-13-29(3)15-18/h4,7-12,14,18H,2,5-6,13,15-16H2,1,3H3/b8-7-,19-4+. The molecule has 4 nitrogen and oxygen atoms in total. The molecular formula is C24H27Cl2N3O. The number of piperidine rings is 1. The Balaban J connectivity index is 1.91. The van der Waals surface area contributed by atoms with Gasteiger partial charge in [-0.15, -0.1) is 0 Å². The van der Waals surface area contributed by atoms with E-state index in [1.165, 1.54) is 12.8 Å². The number of ether oxygens (including phenoxy) is 1. The van der Waals surface area contributed by atoms with Gasteiger partial charge in [-0.2, -0.15) is 0 Å². The van der Waals surface area contributed by atoms with E-state index >= 15 is 0 Å². The molecule has 0 amide bonds. The van der Waals surface area contributed by atoms with Gasteiger partial charge in [-0.05, 0) is 57.1 Å². The van der Waals surface area contributed by atoms with Crippen LogP contribution in [-0.4, -0.2) is 41.6 Å². The van der Waals surface area contributed by atoms with Gasteiger partial charge in [0, 0.05) is 28.1 Å². The third-order valence-corrected chi connectivity index (χ3v) is 5.46. The Labute approximate surface area is 188 Å². The first-order valence-electron chi connectivity index (χ1n) is 10.1. The molecule has 1 fully saturated rings. The molecule has 0 spiro atoms. The van der Waals surface area contributed by atoms with Crippen LogP contribution in [0.5, 0.6) is 5.88 Å². The fourth-order valence-corrected chi connectivity index (χ4v) is 3.76. The lowest BCUT2D eigenvalue weighted by Gasteiger charge is -2.29. The van der Waals surface area contributed by atoms with Crippen LogP contribution in [0, 0.1) is 5.92 Å². The van der Waals surface area contributed by atoms with Crippen LogP contribution in [0.25, 0.3) is 16.8 Å². The average Bonchev–Trinajstić information content (AvgIpc) is 2.73. The van der Waals surface area contributed by atoms with Crippen LogP contribution in [0.4, 0.5) is 0 Å². The minimum atomic E-state index is 0.448. The second-order valence-corrected chi connectivity index (χ2v) is 8.44. The third kappa shape index (κ3) is 6.18. The predicted molar refractivity (Wildman–Crippen MR) is 126 cm³/mol. The van der Waals surface area contributed by atoms with Crippen LogP contribution in [-0.2, 0) is 0 Å². The van der Waals surface area contributed by atoms with Crippen LogP contribution < -0.4 is 4.74 Å². The number of hydrogen-bond donors (Lipinski definition) is 0.